The standard InChI is InChI=1S/C23H21N5S/c29-23(27(19-11-4-1-5-12-19)20-13-6-2-7-14-20)18-10-17-22-24-25-26-28(22)21-15-8-3-9-16-21/h1-9,11-16H,10,17-18H2. The highest BCUT2D eigenvalue weighted by Crippen LogP contribution is 2.27. The molecule has 29 heavy (non-hydrogen) atoms. The molecule has 0 unspecified atom stereocenters. The van der Waals surface area contributed by atoms with Gasteiger partial charge in [-0.3, -0.25) is 0 Å². The van der Waals surface area contributed by atoms with Crippen LogP contribution in [0.3, 0.4) is 0 Å². The van der Waals surface area contributed by atoms with Gasteiger partial charge in [-0.15, -0.1) is 5.10 Å². The maximum Gasteiger partial charge on any atom is 0.156 e. The first-order chi connectivity index (χ1) is 14.3. The Hall–Kier alpha value is -3.38. The van der Waals surface area contributed by atoms with E-state index in [1.807, 2.05) is 66.7 Å². The third-order valence-corrected chi connectivity index (χ3v) is 4.99. The lowest BCUT2D eigenvalue weighted by Crippen LogP contribution is -2.24. The normalized spacial score (nSPS) is 10.6. The van der Waals surface area contributed by atoms with Crippen molar-refractivity contribution in [3.8, 4) is 5.69 Å². The molecular formula is C23H21N5S. The van der Waals surface area contributed by atoms with Gasteiger partial charge in [0.25, 0.3) is 0 Å². The van der Waals surface area contributed by atoms with E-state index in [-0.39, 0.29) is 0 Å². The number of benzene rings is 3. The van der Waals surface area contributed by atoms with Crippen LogP contribution >= 0.6 is 12.2 Å². The predicted octanol–water partition coefficient (Wildman–Crippen LogP) is 5.15. The molecule has 0 atom stereocenters. The van der Waals surface area contributed by atoms with Crippen LogP contribution in [0.4, 0.5) is 11.4 Å². The van der Waals surface area contributed by atoms with Gasteiger partial charge in [-0.2, -0.15) is 4.68 Å². The quantitative estimate of drug-likeness (QED) is 0.402. The van der Waals surface area contributed by atoms with Crippen molar-refractivity contribution in [1.82, 2.24) is 20.2 Å². The van der Waals surface area contributed by atoms with Crippen molar-refractivity contribution in [2.24, 2.45) is 0 Å². The molecule has 1 heterocycles. The third-order valence-electron chi connectivity index (χ3n) is 4.60. The molecule has 0 fully saturated rings. The minimum absolute atomic E-state index is 0.749. The second-order valence-corrected chi connectivity index (χ2v) is 7.07. The molecule has 0 bridgehead atoms. The molecule has 0 radical (unpaired) electrons. The zero-order valence-corrected chi connectivity index (χ0v) is 16.7. The Kier molecular flexibility index (Phi) is 6.02. The Balaban J connectivity index is 1.47. The lowest BCUT2D eigenvalue weighted by molar-refractivity contribution is 0.734. The van der Waals surface area contributed by atoms with Gasteiger partial charge in [-0.05, 0) is 59.7 Å². The number of tetrazole rings is 1. The Morgan fingerprint density at radius 2 is 1.34 bits per heavy atom. The van der Waals surface area contributed by atoms with E-state index < -0.39 is 0 Å². The van der Waals surface area contributed by atoms with Crippen LogP contribution in [0.5, 0.6) is 0 Å². The molecule has 4 aromatic rings. The van der Waals surface area contributed by atoms with Crippen LogP contribution in [-0.4, -0.2) is 25.2 Å². The number of nitrogens with zero attached hydrogens (tertiary/aromatic N) is 5. The molecule has 0 aliphatic rings. The van der Waals surface area contributed by atoms with Gasteiger partial charge in [0.05, 0.1) is 10.7 Å². The summed E-state index contributed by atoms with van der Waals surface area (Å²) in [5.74, 6) is 0.838. The van der Waals surface area contributed by atoms with Crippen molar-refractivity contribution in [1.29, 1.82) is 0 Å². The van der Waals surface area contributed by atoms with Crippen molar-refractivity contribution < 1.29 is 0 Å². The number of thiocarbonyl (C=S) groups is 1. The Bertz CT molecular complexity index is 1010. The molecule has 0 saturated carbocycles. The number of anilines is 2. The smallest absolute Gasteiger partial charge is 0.156 e. The van der Waals surface area contributed by atoms with E-state index in [0.29, 0.717) is 0 Å². The molecule has 0 N–H and O–H groups in total. The van der Waals surface area contributed by atoms with Gasteiger partial charge in [-0.25, -0.2) is 0 Å². The lowest BCUT2D eigenvalue weighted by Gasteiger charge is -2.25. The topological polar surface area (TPSA) is 46.8 Å². The van der Waals surface area contributed by atoms with Gasteiger partial charge in [-0.1, -0.05) is 66.8 Å². The molecule has 0 amide bonds. The summed E-state index contributed by atoms with van der Waals surface area (Å²) in [4.78, 5) is 3.01. The molecule has 1 aromatic heterocycles. The highest BCUT2D eigenvalue weighted by atomic mass is 32.1. The SMILES string of the molecule is S=C(CCCc1nnnn1-c1ccccc1)N(c1ccccc1)c1ccccc1. The van der Waals surface area contributed by atoms with Gasteiger partial charge < -0.3 is 4.90 Å². The zero-order chi connectivity index (χ0) is 19.9. The fourth-order valence-corrected chi connectivity index (χ4v) is 3.59. The first kappa shape index (κ1) is 19.0. The monoisotopic (exact) mass is 399 g/mol. The molecular weight excluding hydrogens is 378 g/mol. The number of aryl methyl sites for hydroxylation is 1. The molecule has 0 spiro atoms. The van der Waals surface area contributed by atoms with Gasteiger partial charge in [0.15, 0.2) is 5.82 Å². The summed E-state index contributed by atoms with van der Waals surface area (Å²) in [6, 6.07) is 30.4. The maximum atomic E-state index is 5.83. The average molecular weight is 400 g/mol. The second-order valence-electron chi connectivity index (χ2n) is 6.60. The van der Waals surface area contributed by atoms with Crippen LogP contribution in [0.2, 0.25) is 0 Å². The van der Waals surface area contributed by atoms with E-state index in [9.17, 15) is 0 Å². The molecule has 144 valence electrons. The van der Waals surface area contributed by atoms with Gasteiger partial charge in [0.1, 0.15) is 0 Å². The van der Waals surface area contributed by atoms with Crippen LogP contribution in [0.25, 0.3) is 5.69 Å². The van der Waals surface area contributed by atoms with E-state index in [1.54, 1.807) is 4.68 Å². The summed E-state index contributed by atoms with van der Waals surface area (Å²) < 4.78 is 1.79. The number of para-hydroxylation sites is 3. The van der Waals surface area contributed by atoms with E-state index in [2.05, 4.69) is 44.7 Å². The van der Waals surface area contributed by atoms with Crippen LogP contribution in [0.15, 0.2) is 91.0 Å². The summed E-state index contributed by atoms with van der Waals surface area (Å²) in [5.41, 5.74) is 3.10. The zero-order valence-electron chi connectivity index (χ0n) is 15.9. The second kappa shape index (κ2) is 9.21. The maximum absolute atomic E-state index is 5.83. The largest absolute Gasteiger partial charge is 0.305 e. The minimum atomic E-state index is 0.749. The van der Waals surface area contributed by atoms with Crippen LogP contribution in [0.1, 0.15) is 18.7 Å². The summed E-state index contributed by atoms with van der Waals surface area (Å²) in [7, 11) is 0. The van der Waals surface area contributed by atoms with Crippen molar-refractivity contribution in [2.75, 3.05) is 4.90 Å². The first-order valence-corrected chi connectivity index (χ1v) is 9.99. The Morgan fingerprint density at radius 1 is 0.793 bits per heavy atom. The fourth-order valence-electron chi connectivity index (χ4n) is 3.23. The van der Waals surface area contributed by atoms with Crippen LogP contribution in [-0.2, 0) is 6.42 Å². The van der Waals surface area contributed by atoms with Crippen molar-refractivity contribution in [3.63, 3.8) is 0 Å². The molecule has 4 rings (SSSR count). The van der Waals surface area contributed by atoms with Crippen molar-refractivity contribution in [2.45, 2.75) is 19.3 Å². The molecule has 0 aliphatic heterocycles. The molecule has 6 heteroatoms. The van der Waals surface area contributed by atoms with E-state index in [0.717, 1.165) is 47.1 Å². The minimum Gasteiger partial charge on any atom is -0.305 e. The van der Waals surface area contributed by atoms with Crippen molar-refractivity contribution in [3.05, 3.63) is 96.8 Å². The highest BCUT2D eigenvalue weighted by Gasteiger charge is 2.15. The van der Waals surface area contributed by atoms with Crippen LogP contribution in [0, 0.1) is 0 Å². The highest BCUT2D eigenvalue weighted by molar-refractivity contribution is 7.80. The number of hydrogen-bond acceptors (Lipinski definition) is 4. The first-order valence-electron chi connectivity index (χ1n) is 9.58. The predicted molar refractivity (Wildman–Crippen MR) is 120 cm³/mol. The van der Waals surface area contributed by atoms with Gasteiger partial charge in [0, 0.05) is 17.8 Å². The van der Waals surface area contributed by atoms with Crippen LogP contribution < -0.4 is 4.90 Å². The van der Waals surface area contributed by atoms with E-state index in [1.165, 1.54) is 0 Å². The number of rotatable bonds is 7. The molecule has 0 aliphatic carbocycles. The molecule has 3 aromatic carbocycles. The lowest BCUT2D eigenvalue weighted by atomic mass is 10.1. The third kappa shape index (κ3) is 4.55. The summed E-state index contributed by atoms with van der Waals surface area (Å²) in [5, 5.41) is 12.2. The average Bonchev–Trinajstić information content (AvgIpc) is 3.25. The Morgan fingerprint density at radius 3 is 1.93 bits per heavy atom. The van der Waals surface area contributed by atoms with Gasteiger partial charge >= 0.3 is 0 Å². The Labute approximate surface area is 175 Å². The summed E-state index contributed by atoms with van der Waals surface area (Å²) in [6.07, 6.45) is 2.38. The van der Waals surface area contributed by atoms with E-state index >= 15 is 0 Å². The molecule has 5 nitrogen and oxygen atoms in total. The number of hydrogen-bond donors (Lipinski definition) is 0. The fraction of sp³-hybridized carbons (Fsp3) is 0.130. The van der Waals surface area contributed by atoms with Crippen molar-refractivity contribution >= 4 is 28.6 Å². The summed E-state index contributed by atoms with van der Waals surface area (Å²) >= 11 is 5.83. The molecule has 0 saturated heterocycles. The summed E-state index contributed by atoms with van der Waals surface area (Å²) in [6.45, 7) is 0. The number of aromatic nitrogens is 4. The van der Waals surface area contributed by atoms with Gasteiger partial charge in [0.2, 0.25) is 0 Å². The van der Waals surface area contributed by atoms with E-state index in [4.69, 9.17) is 12.2 Å².